The highest BCUT2D eigenvalue weighted by Crippen LogP contribution is 2.43. The van der Waals surface area contributed by atoms with E-state index in [0.717, 1.165) is 26.7 Å². The molecule has 2 unspecified atom stereocenters. The third-order valence-corrected chi connectivity index (χ3v) is 8.31. The summed E-state index contributed by atoms with van der Waals surface area (Å²) in [5.41, 5.74) is 2.91. The fourth-order valence-electron chi connectivity index (χ4n) is 4.95. The van der Waals surface area contributed by atoms with Gasteiger partial charge < -0.3 is 19.4 Å². The minimum Gasteiger partial charge on any atom is -0.465 e. The molecule has 2 aromatic heterocycles. The third-order valence-electron chi connectivity index (χ3n) is 6.98. The van der Waals surface area contributed by atoms with Gasteiger partial charge in [-0.25, -0.2) is 4.79 Å². The van der Waals surface area contributed by atoms with Crippen molar-refractivity contribution < 1.29 is 18.9 Å². The van der Waals surface area contributed by atoms with Gasteiger partial charge >= 0.3 is 5.97 Å². The standard InChI is InChI=1S/C32H24N4O5S2/c1-40-31(37)21-6-4-5-20(19-21)27-16-17-28(41-27)30-29(26-7-2-3-18-33-26)34-32(42)35(30)22-8-12-24(13-9-22)43-25-14-10-23(11-15-25)36(38)39/h2-19,29-30H,1H3,(H,34,42). The van der Waals surface area contributed by atoms with Crippen LogP contribution in [-0.4, -0.2) is 28.1 Å². The zero-order valence-electron chi connectivity index (χ0n) is 22.7. The molecule has 43 heavy (non-hydrogen) atoms. The van der Waals surface area contributed by atoms with Crippen LogP contribution in [0.1, 0.15) is 33.9 Å². The summed E-state index contributed by atoms with van der Waals surface area (Å²) in [6, 6.07) is 30.4. The van der Waals surface area contributed by atoms with Crippen LogP contribution in [0.3, 0.4) is 0 Å². The molecule has 0 spiro atoms. The number of thiocarbonyl (C=S) groups is 1. The molecule has 214 valence electrons. The summed E-state index contributed by atoms with van der Waals surface area (Å²) in [4.78, 5) is 31.1. The van der Waals surface area contributed by atoms with Crippen molar-refractivity contribution in [3.63, 3.8) is 0 Å². The van der Waals surface area contributed by atoms with Crippen molar-refractivity contribution in [2.45, 2.75) is 21.9 Å². The van der Waals surface area contributed by atoms with Crippen molar-refractivity contribution in [3.8, 4) is 11.3 Å². The number of carbonyl (C=O) groups excluding carboxylic acids is 1. The van der Waals surface area contributed by atoms with Crippen LogP contribution in [0.15, 0.2) is 124 Å². The van der Waals surface area contributed by atoms with Crippen LogP contribution in [0.25, 0.3) is 11.3 Å². The lowest BCUT2D eigenvalue weighted by Gasteiger charge is -2.26. The number of benzene rings is 3. The number of furan rings is 1. The van der Waals surface area contributed by atoms with Crippen LogP contribution in [-0.2, 0) is 4.74 Å². The number of carbonyl (C=O) groups is 1. The maximum absolute atomic E-state index is 12.1. The van der Waals surface area contributed by atoms with E-state index in [1.807, 2.05) is 65.6 Å². The normalized spacial score (nSPS) is 16.1. The summed E-state index contributed by atoms with van der Waals surface area (Å²) < 4.78 is 11.3. The number of nitrogens with zero attached hydrogens (tertiary/aromatic N) is 3. The van der Waals surface area contributed by atoms with Crippen molar-refractivity contribution in [2.75, 3.05) is 12.0 Å². The average Bonchev–Trinajstić information content (AvgIpc) is 3.66. The predicted octanol–water partition coefficient (Wildman–Crippen LogP) is 7.36. The van der Waals surface area contributed by atoms with E-state index in [0.29, 0.717) is 22.2 Å². The Labute approximate surface area is 256 Å². The molecule has 0 radical (unpaired) electrons. The molecule has 9 nitrogen and oxygen atoms in total. The number of ether oxygens (including phenoxy) is 1. The number of non-ortho nitro benzene ring substituents is 1. The van der Waals surface area contributed by atoms with E-state index in [1.54, 1.807) is 36.5 Å². The Balaban J connectivity index is 1.32. The van der Waals surface area contributed by atoms with Gasteiger partial charge in [-0.3, -0.25) is 15.1 Å². The van der Waals surface area contributed by atoms with Crippen molar-refractivity contribution >= 4 is 46.4 Å². The van der Waals surface area contributed by atoms with Crippen LogP contribution in [0.2, 0.25) is 0 Å². The molecule has 0 amide bonds. The second-order valence-electron chi connectivity index (χ2n) is 9.62. The average molecular weight is 609 g/mol. The molecule has 1 saturated heterocycles. The van der Waals surface area contributed by atoms with Crippen molar-refractivity contribution in [1.82, 2.24) is 10.3 Å². The molecule has 0 bridgehead atoms. The molecule has 3 aromatic carbocycles. The monoisotopic (exact) mass is 608 g/mol. The Hall–Kier alpha value is -5.00. The van der Waals surface area contributed by atoms with Gasteiger partial charge in [0.15, 0.2) is 5.11 Å². The van der Waals surface area contributed by atoms with Gasteiger partial charge in [0.1, 0.15) is 17.6 Å². The van der Waals surface area contributed by atoms with Crippen molar-refractivity contribution in [2.24, 2.45) is 0 Å². The van der Waals surface area contributed by atoms with Gasteiger partial charge in [0.2, 0.25) is 0 Å². The first-order valence-electron chi connectivity index (χ1n) is 13.2. The summed E-state index contributed by atoms with van der Waals surface area (Å²) in [5.74, 6) is 0.856. The van der Waals surface area contributed by atoms with E-state index in [1.165, 1.54) is 31.0 Å². The Morgan fingerprint density at radius 3 is 2.42 bits per heavy atom. The van der Waals surface area contributed by atoms with E-state index >= 15 is 0 Å². The molecular formula is C32H24N4O5S2. The fourth-order valence-corrected chi connectivity index (χ4v) is 6.12. The van der Waals surface area contributed by atoms with Gasteiger partial charge in [0.05, 0.1) is 29.3 Å². The number of nitro groups is 1. The molecule has 2 atom stereocenters. The van der Waals surface area contributed by atoms with E-state index in [2.05, 4.69) is 10.3 Å². The second-order valence-corrected chi connectivity index (χ2v) is 11.2. The highest BCUT2D eigenvalue weighted by atomic mass is 32.2. The molecule has 1 aliphatic heterocycles. The quantitative estimate of drug-likeness (QED) is 0.0830. The number of rotatable bonds is 8. The summed E-state index contributed by atoms with van der Waals surface area (Å²) in [6.07, 6.45) is 1.75. The number of esters is 1. The largest absolute Gasteiger partial charge is 0.465 e. The van der Waals surface area contributed by atoms with Crippen LogP contribution in [0.4, 0.5) is 11.4 Å². The number of aromatic nitrogens is 1. The maximum atomic E-state index is 12.1. The number of nitrogens with one attached hydrogen (secondary N) is 1. The highest BCUT2D eigenvalue weighted by molar-refractivity contribution is 7.99. The molecule has 3 heterocycles. The summed E-state index contributed by atoms with van der Waals surface area (Å²) in [7, 11) is 1.35. The summed E-state index contributed by atoms with van der Waals surface area (Å²) >= 11 is 7.35. The number of nitro benzene ring substituents is 1. The van der Waals surface area contributed by atoms with E-state index < -0.39 is 10.9 Å². The SMILES string of the molecule is COC(=O)c1cccc(-c2ccc(C3C(c4ccccn4)NC(=S)N3c3ccc(Sc4ccc([N+](=O)[O-])cc4)cc3)o2)c1. The van der Waals surface area contributed by atoms with Crippen LogP contribution in [0, 0.1) is 10.1 Å². The van der Waals surface area contributed by atoms with Crippen molar-refractivity contribution in [1.29, 1.82) is 0 Å². The second kappa shape index (κ2) is 12.1. The smallest absolute Gasteiger partial charge is 0.337 e. The minimum atomic E-state index is -0.421. The summed E-state index contributed by atoms with van der Waals surface area (Å²) in [5, 5.41) is 14.9. The number of hydrogen-bond donors (Lipinski definition) is 1. The van der Waals surface area contributed by atoms with E-state index in [4.69, 9.17) is 21.4 Å². The molecule has 1 fully saturated rings. The highest BCUT2D eigenvalue weighted by Gasteiger charge is 2.42. The Kier molecular flexibility index (Phi) is 7.91. The number of methoxy groups -OCH3 is 1. The van der Waals surface area contributed by atoms with E-state index in [-0.39, 0.29) is 17.8 Å². The molecule has 1 aliphatic rings. The molecule has 1 N–H and O–H groups in total. The van der Waals surface area contributed by atoms with Gasteiger partial charge in [0, 0.05) is 39.4 Å². The topological polar surface area (TPSA) is 111 Å². The molecule has 0 aliphatic carbocycles. The predicted molar refractivity (Wildman–Crippen MR) is 167 cm³/mol. The maximum Gasteiger partial charge on any atom is 0.337 e. The van der Waals surface area contributed by atoms with Crippen molar-refractivity contribution in [3.05, 3.63) is 136 Å². The van der Waals surface area contributed by atoms with E-state index in [9.17, 15) is 14.9 Å². The fraction of sp³-hybridized carbons (Fsp3) is 0.0938. The molecule has 6 rings (SSSR count). The van der Waals surface area contributed by atoms with Gasteiger partial charge in [-0.2, -0.15) is 0 Å². The Morgan fingerprint density at radius 1 is 1.00 bits per heavy atom. The van der Waals surface area contributed by atoms with Gasteiger partial charge in [0.25, 0.3) is 5.69 Å². The lowest BCUT2D eigenvalue weighted by atomic mass is 10.0. The molecule has 11 heteroatoms. The molecule has 5 aromatic rings. The number of hydrogen-bond acceptors (Lipinski definition) is 8. The minimum absolute atomic E-state index is 0.0560. The number of pyridine rings is 1. The zero-order chi connectivity index (χ0) is 29.9. The number of anilines is 1. The van der Waals surface area contributed by atoms with Crippen LogP contribution >= 0.6 is 24.0 Å². The summed E-state index contributed by atoms with van der Waals surface area (Å²) in [6.45, 7) is 0. The first kappa shape index (κ1) is 28.1. The third kappa shape index (κ3) is 5.85. The van der Waals surface area contributed by atoms with Gasteiger partial charge in [-0.15, -0.1) is 0 Å². The first-order valence-corrected chi connectivity index (χ1v) is 14.5. The van der Waals surface area contributed by atoms with Crippen LogP contribution < -0.4 is 10.2 Å². The first-order chi connectivity index (χ1) is 20.9. The molecule has 0 saturated carbocycles. The lowest BCUT2D eigenvalue weighted by molar-refractivity contribution is -0.384. The molecular weight excluding hydrogens is 585 g/mol. The van der Waals surface area contributed by atoms with Gasteiger partial charge in [-0.1, -0.05) is 30.0 Å². The lowest BCUT2D eigenvalue weighted by Crippen LogP contribution is -2.29. The van der Waals surface area contributed by atoms with Gasteiger partial charge in [-0.05, 0) is 85.0 Å². The van der Waals surface area contributed by atoms with Crippen LogP contribution in [0.5, 0.6) is 0 Å². The Morgan fingerprint density at radius 2 is 1.74 bits per heavy atom. The Bertz CT molecular complexity index is 1790. The zero-order valence-corrected chi connectivity index (χ0v) is 24.4.